The van der Waals surface area contributed by atoms with E-state index in [2.05, 4.69) is 25.3 Å². The lowest BCUT2D eigenvalue weighted by molar-refractivity contribution is -0.123. The molecule has 0 aliphatic heterocycles. The van der Waals surface area contributed by atoms with E-state index in [1.165, 1.54) is 36.1 Å². The maximum atomic E-state index is 12.3. The second kappa shape index (κ2) is 8.39. The summed E-state index contributed by atoms with van der Waals surface area (Å²) in [6.45, 7) is -1.40. The molecule has 0 bridgehead atoms. The minimum Gasteiger partial charge on any atom is -0.363 e. The number of halogens is 3. The van der Waals surface area contributed by atoms with Crippen molar-refractivity contribution in [1.29, 1.82) is 0 Å². The van der Waals surface area contributed by atoms with Crippen LogP contribution in [0.1, 0.15) is 10.4 Å². The van der Waals surface area contributed by atoms with Gasteiger partial charge in [-0.2, -0.15) is 13.2 Å². The summed E-state index contributed by atoms with van der Waals surface area (Å²) in [6, 6.07) is 3.22. The molecule has 1 amide bonds. The van der Waals surface area contributed by atoms with Crippen LogP contribution in [-0.2, 0) is 0 Å². The lowest BCUT2D eigenvalue weighted by atomic mass is 10.2. The van der Waals surface area contributed by atoms with Crippen LogP contribution in [0.25, 0.3) is 10.4 Å². The van der Waals surface area contributed by atoms with Crippen molar-refractivity contribution < 1.29 is 18.0 Å². The number of carbonyl (C=O) groups is 1. The maximum Gasteiger partial charge on any atom is 0.405 e. The summed E-state index contributed by atoms with van der Waals surface area (Å²) < 4.78 is 36.8. The van der Waals surface area contributed by atoms with Crippen LogP contribution in [-0.4, -0.2) is 52.7 Å². The number of carbonyl (C=O) groups excluding carboxylic acids is 1. The Kier molecular flexibility index (Phi) is 5.92. The Hall–Kier alpha value is -3.28. The molecule has 3 heterocycles. The van der Waals surface area contributed by atoms with Crippen molar-refractivity contribution >= 4 is 34.0 Å². The molecule has 0 radical (unpaired) electrons. The van der Waals surface area contributed by atoms with E-state index >= 15 is 0 Å². The SMILES string of the molecule is CN(C)c1cc(Nc2ncc(-c3cncc(C(=O)NCC(F)(F)F)c3)s2)ncn1. The summed E-state index contributed by atoms with van der Waals surface area (Å²) in [6.07, 6.45) is 1.24. The largest absolute Gasteiger partial charge is 0.405 e. The number of nitrogens with one attached hydrogen (secondary N) is 2. The number of thiazole rings is 1. The first kappa shape index (κ1) is 20.5. The molecule has 0 fully saturated rings. The molecule has 0 spiro atoms. The number of hydrogen-bond donors (Lipinski definition) is 2. The molecule has 0 aliphatic rings. The Morgan fingerprint density at radius 3 is 2.66 bits per heavy atom. The second-order valence-electron chi connectivity index (χ2n) is 6.07. The Balaban J connectivity index is 1.73. The first-order valence-electron chi connectivity index (χ1n) is 8.24. The minimum atomic E-state index is -4.48. The van der Waals surface area contributed by atoms with Crippen molar-refractivity contribution in [3.63, 3.8) is 0 Å². The van der Waals surface area contributed by atoms with E-state index in [0.29, 0.717) is 21.4 Å². The van der Waals surface area contributed by atoms with Gasteiger partial charge in [-0.3, -0.25) is 9.78 Å². The molecule has 29 heavy (non-hydrogen) atoms. The fourth-order valence-corrected chi connectivity index (χ4v) is 3.02. The molecule has 0 atom stereocenters. The van der Waals surface area contributed by atoms with Crippen LogP contribution < -0.4 is 15.5 Å². The third-order valence-electron chi connectivity index (χ3n) is 3.59. The highest BCUT2D eigenvalue weighted by Crippen LogP contribution is 2.30. The van der Waals surface area contributed by atoms with Crippen molar-refractivity contribution in [3.05, 3.63) is 42.6 Å². The topological polar surface area (TPSA) is 95.9 Å². The number of nitrogens with zero attached hydrogens (tertiary/aromatic N) is 5. The van der Waals surface area contributed by atoms with E-state index < -0.39 is 18.6 Å². The molecule has 0 aromatic carbocycles. The van der Waals surface area contributed by atoms with Gasteiger partial charge in [0.15, 0.2) is 5.13 Å². The fourth-order valence-electron chi connectivity index (χ4n) is 2.22. The molecule has 3 aromatic heterocycles. The molecule has 0 unspecified atom stereocenters. The van der Waals surface area contributed by atoms with Gasteiger partial charge in [-0.1, -0.05) is 11.3 Å². The van der Waals surface area contributed by atoms with Gasteiger partial charge < -0.3 is 15.5 Å². The molecular formula is C17H16F3N7OS. The Labute approximate surface area is 167 Å². The maximum absolute atomic E-state index is 12.3. The fraction of sp³-hybridized carbons (Fsp3) is 0.235. The molecule has 3 aromatic rings. The van der Waals surface area contributed by atoms with E-state index in [9.17, 15) is 18.0 Å². The first-order chi connectivity index (χ1) is 13.7. The van der Waals surface area contributed by atoms with Crippen molar-refractivity contribution in [2.45, 2.75) is 6.18 Å². The van der Waals surface area contributed by atoms with Crippen molar-refractivity contribution in [2.24, 2.45) is 0 Å². The molecule has 0 saturated carbocycles. The first-order valence-corrected chi connectivity index (χ1v) is 9.05. The van der Waals surface area contributed by atoms with Crippen molar-refractivity contribution in [1.82, 2.24) is 25.3 Å². The quantitative estimate of drug-likeness (QED) is 0.629. The van der Waals surface area contributed by atoms with Crippen LogP contribution in [0.4, 0.5) is 29.9 Å². The number of rotatable bonds is 6. The molecule has 152 valence electrons. The smallest absolute Gasteiger partial charge is 0.363 e. The summed E-state index contributed by atoms with van der Waals surface area (Å²) in [5, 5.41) is 5.44. The van der Waals surface area contributed by atoms with Crippen LogP contribution in [0.3, 0.4) is 0 Å². The Bertz CT molecular complexity index is 1010. The van der Waals surface area contributed by atoms with Crippen molar-refractivity contribution in [2.75, 3.05) is 30.9 Å². The van der Waals surface area contributed by atoms with Crippen LogP contribution in [0.2, 0.25) is 0 Å². The van der Waals surface area contributed by atoms with Gasteiger partial charge in [-0.05, 0) is 6.07 Å². The number of pyridine rings is 1. The highest BCUT2D eigenvalue weighted by molar-refractivity contribution is 7.18. The number of hydrogen-bond acceptors (Lipinski definition) is 8. The van der Waals surface area contributed by atoms with Gasteiger partial charge in [0, 0.05) is 44.3 Å². The number of aromatic nitrogens is 4. The van der Waals surface area contributed by atoms with Gasteiger partial charge in [0.1, 0.15) is 24.5 Å². The van der Waals surface area contributed by atoms with Gasteiger partial charge in [-0.25, -0.2) is 15.0 Å². The molecule has 2 N–H and O–H groups in total. The van der Waals surface area contributed by atoms with E-state index in [4.69, 9.17) is 0 Å². The minimum absolute atomic E-state index is 0.0288. The lowest BCUT2D eigenvalue weighted by Gasteiger charge is -2.11. The number of anilines is 3. The average Bonchev–Trinajstić information content (AvgIpc) is 3.14. The number of alkyl halides is 3. The highest BCUT2D eigenvalue weighted by Gasteiger charge is 2.28. The Morgan fingerprint density at radius 2 is 1.93 bits per heavy atom. The molecular weight excluding hydrogens is 407 g/mol. The van der Waals surface area contributed by atoms with E-state index in [-0.39, 0.29) is 5.56 Å². The second-order valence-corrected chi connectivity index (χ2v) is 7.10. The highest BCUT2D eigenvalue weighted by atomic mass is 32.1. The van der Waals surface area contributed by atoms with E-state index in [1.54, 1.807) is 12.3 Å². The summed E-state index contributed by atoms with van der Waals surface area (Å²) in [5.41, 5.74) is 0.591. The summed E-state index contributed by atoms with van der Waals surface area (Å²) in [4.78, 5) is 30.9. The van der Waals surface area contributed by atoms with E-state index in [1.807, 2.05) is 24.3 Å². The molecule has 3 rings (SSSR count). The zero-order valence-corrected chi connectivity index (χ0v) is 16.2. The Morgan fingerprint density at radius 1 is 1.14 bits per heavy atom. The zero-order chi connectivity index (χ0) is 21.0. The van der Waals surface area contributed by atoms with Crippen molar-refractivity contribution in [3.8, 4) is 10.4 Å². The summed E-state index contributed by atoms with van der Waals surface area (Å²) in [5.74, 6) is 0.431. The predicted molar refractivity (Wildman–Crippen MR) is 103 cm³/mol. The molecule has 12 heteroatoms. The van der Waals surface area contributed by atoms with E-state index in [0.717, 1.165) is 5.82 Å². The van der Waals surface area contributed by atoms with Gasteiger partial charge >= 0.3 is 6.18 Å². The average molecular weight is 423 g/mol. The summed E-state index contributed by atoms with van der Waals surface area (Å²) in [7, 11) is 3.72. The summed E-state index contributed by atoms with van der Waals surface area (Å²) >= 11 is 1.29. The standard InChI is InChI=1S/C17H16F3N7OS/c1-27(2)14-4-13(24-9-25-14)26-16-22-7-12(29-16)10-3-11(6-21-5-10)15(28)23-8-17(18,19)20/h3-7,9H,8H2,1-2H3,(H,23,28)(H,22,24,25,26). The van der Waals surface area contributed by atoms with Crippen LogP contribution >= 0.6 is 11.3 Å². The van der Waals surface area contributed by atoms with Gasteiger partial charge in [-0.15, -0.1) is 0 Å². The third kappa shape index (κ3) is 5.60. The van der Waals surface area contributed by atoms with Gasteiger partial charge in [0.05, 0.1) is 10.4 Å². The molecule has 0 saturated heterocycles. The van der Waals surface area contributed by atoms with Crippen LogP contribution in [0.5, 0.6) is 0 Å². The normalized spacial score (nSPS) is 11.2. The predicted octanol–water partition coefficient (Wildman–Crippen LogP) is 3.10. The third-order valence-corrected chi connectivity index (χ3v) is 4.55. The van der Waals surface area contributed by atoms with Crippen LogP contribution in [0.15, 0.2) is 37.1 Å². The number of amides is 1. The van der Waals surface area contributed by atoms with Gasteiger partial charge in [0.25, 0.3) is 5.91 Å². The monoisotopic (exact) mass is 423 g/mol. The van der Waals surface area contributed by atoms with Crippen LogP contribution in [0, 0.1) is 0 Å². The lowest BCUT2D eigenvalue weighted by Crippen LogP contribution is -2.33. The van der Waals surface area contributed by atoms with Gasteiger partial charge in [0.2, 0.25) is 0 Å². The zero-order valence-electron chi connectivity index (χ0n) is 15.4. The molecule has 0 aliphatic carbocycles. The molecule has 8 nitrogen and oxygen atoms in total.